The Morgan fingerprint density at radius 2 is 1.90 bits per heavy atom. The number of benzene rings is 2. The van der Waals surface area contributed by atoms with E-state index in [1.807, 2.05) is 31.2 Å². The molecule has 3 heteroatoms. The van der Waals surface area contributed by atoms with Crippen LogP contribution in [0.3, 0.4) is 0 Å². The van der Waals surface area contributed by atoms with Gasteiger partial charge in [-0.2, -0.15) is 0 Å². The lowest BCUT2D eigenvalue weighted by atomic mass is 10.0. The van der Waals surface area contributed by atoms with Gasteiger partial charge in [-0.25, -0.2) is 0 Å². The van der Waals surface area contributed by atoms with E-state index < -0.39 is 0 Å². The van der Waals surface area contributed by atoms with E-state index in [-0.39, 0.29) is 6.04 Å². The highest BCUT2D eigenvalue weighted by molar-refractivity contribution is 6.31. The average molecular weight is 304 g/mol. The molecule has 0 aliphatic carbocycles. The third kappa shape index (κ3) is 3.99. The Morgan fingerprint density at radius 3 is 2.62 bits per heavy atom. The van der Waals surface area contributed by atoms with Crippen molar-refractivity contribution in [2.75, 3.05) is 0 Å². The van der Waals surface area contributed by atoms with Gasteiger partial charge in [0.2, 0.25) is 0 Å². The number of hydrogen-bond donors (Lipinski definition) is 1. The van der Waals surface area contributed by atoms with Crippen molar-refractivity contribution in [3.8, 4) is 11.5 Å². The highest BCUT2D eigenvalue weighted by atomic mass is 35.5. The molecule has 0 fully saturated rings. The standard InChI is InChI=1S/C18H22ClNO/c1-4-14(20)11-15-16(19)6-5-7-17(15)21-18-10-12(2)8-9-13(18)3/h5-10,14H,4,11,20H2,1-3H3. The van der Waals surface area contributed by atoms with Crippen LogP contribution >= 0.6 is 11.6 Å². The smallest absolute Gasteiger partial charge is 0.132 e. The molecule has 0 amide bonds. The van der Waals surface area contributed by atoms with E-state index >= 15 is 0 Å². The number of nitrogens with two attached hydrogens (primary N) is 1. The summed E-state index contributed by atoms with van der Waals surface area (Å²) in [6.45, 7) is 6.17. The SMILES string of the molecule is CCC(N)Cc1c(Cl)cccc1Oc1cc(C)ccc1C. The van der Waals surface area contributed by atoms with Gasteiger partial charge >= 0.3 is 0 Å². The summed E-state index contributed by atoms with van der Waals surface area (Å²) in [4.78, 5) is 0. The topological polar surface area (TPSA) is 35.2 Å². The molecule has 2 N–H and O–H groups in total. The van der Waals surface area contributed by atoms with Crippen molar-refractivity contribution < 1.29 is 4.74 Å². The number of halogens is 1. The third-order valence-corrected chi connectivity index (χ3v) is 3.98. The molecular weight excluding hydrogens is 282 g/mol. The quantitative estimate of drug-likeness (QED) is 0.841. The van der Waals surface area contributed by atoms with Gasteiger partial charge in [0.1, 0.15) is 11.5 Å². The molecule has 2 aromatic carbocycles. The molecule has 0 aliphatic rings. The van der Waals surface area contributed by atoms with Crippen LogP contribution in [0.15, 0.2) is 36.4 Å². The van der Waals surface area contributed by atoms with E-state index in [4.69, 9.17) is 22.1 Å². The van der Waals surface area contributed by atoms with E-state index in [9.17, 15) is 0 Å². The van der Waals surface area contributed by atoms with Crippen molar-refractivity contribution in [1.29, 1.82) is 0 Å². The van der Waals surface area contributed by atoms with Gasteiger partial charge in [0.05, 0.1) is 0 Å². The first-order valence-electron chi connectivity index (χ1n) is 7.29. The van der Waals surface area contributed by atoms with Crippen LogP contribution in [0.1, 0.15) is 30.0 Å². The lowest BCUT2D eigenvalue weighted by molar-refractivity contribution is 0.468. The molecule has 0 aliphatic heterocycles. The molecule has 1 unspecified atom stereocenters. The fourth-order valence-electron chi connectivity index (χ4n) is 2.17. The summed E-state index contributed by atoms with van der Waals surface area (Å²) in [7, 11) is 0. The molecule has 112 valence electrons. The maximum absolute atomic E-state index is 6.33. The maximum atomic E-state index is 6.33. The summed E-state index contributed by atoms with van der Waals surface area (Å²) < 4.78 is 6.11. The van der Waals surface area contributed by atoms with Gasteiger partial charge in [-0.05, 0) is 56.0 Å². The van der Waals surface area contributed by atoms with E-state index in [2.05, 4.69) is 26.0 Å². The molecule has 0 spiro atoms. The van der Waals surface area contributed by atoms with Crippen molar-refractivity contribution in [2.45, 2.75) is 39.7 Å². The van der Waals surface area contributed by atoms with Crippen molar-refractivity contribution in [2.24, 2.45) is 5.73 Å². The molecule has 0 heterocycles. The van der Waals surface area contributed by atoms with Crippen molar-refractivity contribution in [1.82, 2.24) is 0 Å². The maximum Gasteiger partial charge on any atom is 0.132 e. The predicted octanol–water partition coefficient (Wildman–Crippen LogP) is 5.03. The normalized spacial score (nSPS) is 12.2. The second-order valence-corrected chi connectivity index (χ2v) is 5.87. The molecule has 2 rings (SSSR count). The van der Waals surface area contributed by atoms with Gasteiger partial charge < -0.3 is 10.5 Å². The van der Waals surface area contributed by atoms with E-state index in [1.165, 1.54) is 5.56 Å². The molecular formula is C18H22ClNO. The average Bonchev–Trinajstić information content (AvgIpc) is 2.46. The zero-order valence-corrected chi connectivity index (χ0v) is 13.6. The predicted molar refractivity (Wildman–Crippen MR) is 89.4 cm³/mol. The van der Waals surface area contributed by atoms with Crippen LogP contribution < -0.4 is 10.5 Å². The summed E-state index contributed by atoms with van der Waals surface area (Å²) in [6, 6.07) is 12.0. The van der Waals surface area contributed by atoms with Crippen LogP contribution in [0.5, 0.6) is 11.5 Å². The fourth-order valence-corrected chi connectivity index (χ4v) is 2.42. The number of rotatable bonds is 5. The van der Waals surface area contributed by atoms with Crippen molar-refractivity contribution in [3.05, 3.63) is 58.1 Å². The number of hydrogen-bond acceptors (Lipinski definition) is 2. The molecule has 0 radical (unpaired) electrons. The minimum absolute atomic E-state index is 0.0888. The number of ether oxygens (including phenoxy) is 1. The second kappa shape index (κ2) is 6.97. The van der Waals surface area contributed by atoms with Crippen LogP contribution in [0.2, 0.25) is 5.02 Å². The van der Waals surface area contributed by atoms with Gasteiger partial charge in [-0.1, -0.05) is 36.7 Å². The van der Waals surface area contributed by atoms with E-state index in [0.29, 0.717) is 5.02 Å². The third-order valence-electron chi connectivity index (χ3n) is 3.63. The highest BCUT2D eigenvalue weighted by Gasteiger charge is 2.13. The molecule has 2 nitrogen and oxygen atoms in total. The van der Waals surface area contributed by atoms with Crippen molar-refractivity contribution in [3.63, 3.8) is 0 Å². The van der Waals surface area contributed by atoms with Crippen LogP contribution in [0.25, 0.3) is 0 Å². The zero-order chi connectivity index (χ0) is 15.4. The van der Waals surface area contributed by atoms with Crippen LogP contribution in [0, 0.1) is 13.8 Å². The Hall–Kier alpha value is -1.51. The minimum Gasteiger partial charge on any atom is -0.457 e. The Balaban J connectivity index is 2.35. The number of aryl methyl sites for hydroxylation is 2. The van der Waals surface area contributed by atoms with Gasteiger partial charge in [0, 0.05) is 16.6 Å². The largest absolute Gasteiger partial charge is 0.457 e. The first-order chi connectivity index (χ1) is 10.0. The van der Waals surface area contributed by atoms with Gasteiger partial charge in [-0.3, -0.25) is 0 Å². The van der Waals surface area contributed by atoms with Gasteiger partial charge in [0.15, 0.2) is 0 Å². The molecule has 0 aromatic heterocycles. The summed E-state index contributed by atoms with van der Waals surface area (Å²) in [5.74, 6) is 1.66. The van der Waals surface area contributed by atoms with Crippen LogP contribution in [-0.4, -0.2) is 6.04 Å². The van der Waals surface area contributed by atoms with E-state index in [1.54, 1.807) is 0 Å². The fraction of sp³-hybridized carbons (Fsp3) is 0.333. The Morgan fingerprint density at radius 1 is 1.14 bits per heavy atom. The monoisotopic (exact) mass is 303 g/mol. The lowest BCUT2D eigenvalue weighted by Gasteiger charge is -2.17. The lowest BCUT2D eigenvalue weighted by Crippen LogP contribution is -2.21. The first kappa shape index (κ1) is 15.9. The van der Waals surface area contributed by atoms with Crippen LogP contribution in [0.4, 0.5) is 0 Å². The summed E-state index contributed by atoms with van der Waals surface area (Å²) >= 11 is 6.33. The minimum atomic E-state index is 0.0888. The molecule has 0 saturated heterocycles. The summed E-state index contributed by atoms with van der Waals surface area (Å²) in [5, 5.41) is 0.710. The summed E-state index contributed by atoms with van der Waals surface area (Å²) in [5.41, 5.74) is 9.33. The Kier molecular flexibility index (Phi) is 5.27. The van der Waals surface area contributed by atoms with Crippen LogP contribution in [-0.2, 0) is 6.42 Å². The first-order valence-corrected chi connectivity index (χ1v) is 7.67. The second-order valence-electron chi connectivity index (χ2n) is 5.46. The molecule has 2 aromatic rings. The zero-order valence-electron chi connectivity index (χ0n) is 12.8. The van der Waals surface area contributed by atoms with Gasteiger partial charge in [-0.15, -0.1) is 0 Å². The molecule has 21 heavy (non-hydrogen) atoms. The molecule has 0 saturated carbocycles. The molecule has 1 atom stereocenters. The Labute approximate surface area is 131 Å². The Bertz CT molecular complexity index is 625. The van der Waals surface area contributed by atoms with Gasteiger partial charge in [0.25, 0.3) is 0 Å². The summed E-state index contributed by atoms with van der Waals surface area (Å²) in [6.07, 6.45) is 1.63. The van der Waals surface area contributed by atoms with Crippen molar-refractivity contribution >= 4 is 11.6 Å². The van der Waals surface area contributed by atoms with E-state index in [0.717, 1.165) is 35.5 Å². The molecule has 0 bridgehead atoms. The highest BCUT2D eigenvalue weighted by Crippen LogP contribution is 2.33.